The van der Waals surface area contributed by atoms with Crippen LogP contribution in [0.4, 0.5) is 11.4 Å². The molecule has 4 rings (SSSR count). The zero-order chi connectivity index (χ0) is 16.4. The molecule has 0 bridgehead atoms. The Balaban J connectivity index is 1.66. The van der Waals surface area contributed by atoms with Crippen LogP contribution in [0, 0.1) is 0 Å². The molecule has 2 aromatic carbocycles. The standard InChI is InChI=1S/C19H24N4S/c1-21-15-17-18(22-12-10-20-11-13-22)8-5-9-19(17)23(24-21)14-16-6-3-2-4-7-16/h2-9,20H,10-15H2,1H3. The van der Waals surface area contributed by atoms with Gasteiger partial charge in [-0.2, -0.15) is 0 Å². The average molecular weight is 340 g/mol. The van der Waals surface area contributed by atoms with Crippen LogP contribution in [-0.4, -0.2) is 37.5 Å². The average Bonchev–Trinajstić information content (AvgIpc) is 2.63. The van der Waals surface area contributed by atoms with E-state index in [2.05, 4.69) is 74.4 Å². The monoisotopic (exact) mass is 340 g/mol. The molecule has 2 aliphatic heterocycles. The van der Waals surface area contributed by atoms with Crippen molar-refractivity contribution < 1.29 is 0 Å². The molecule has 2 aromatic rings. The van der Waals surface area contributed by atoms with E-state index < -0.39 is 0 Å². The van der Waals surface area contributed by atoms with Crippen molar-refractivity contribution in [2.75, 3.05) is 42.4 Å². The fourth-order valence-electron chi connectivity index (χ4n) is 3.49. The summed E-state index contributed by atoms with van der Waals surface area (Å²) in [5.41, 5.74) is 5.56. The second-order valence-corrected chi connectivity index (χ2v) is 7.63. The number of nitrogens with zero attached hydrogens (tertiary/aromatic N) is 3. The molecule has 2 aliphatic rings. The smallest absolute Gasteiger partial charge is 0.0558 e. The highest BCUT2D eigenvalue weighted by molar-refractivity contribution is 7.98. The maximum Gasteiger partial charge on any atom is 0.0558 e. The minimum absolute atomic E-state index is 0.924. The molecule has 2 heterocycles. The van der Waals surface area contributed by atoms with Crippen molar-refractivity contribution in [3.8, 4) is 0 Å². The number of nitrogens with one attached hydrogen (secondary N) is 1. The van der Waals surface area contributed by atoms with E-state index in [1.807, 2.05) is 12.1 Å². The summed E-state index contributed by atoms with van der Waals surface area (Å²) < 4.78 is 4.75. The molecule has 24 heavy (non-hydrogen) atoms. The highest BCUT2D eigenvalue weighted by Crippen LogP contribution is 2.41. The van der Waals surface area contributed by atoms with Gasteiger partial charge in [0.25, 0.3) is 0 Å². The van der Waals surface area contributed by atoms with Crippen LogP contribution in [0.2, 0.25) is 0 Å². The SMILES string of the molecule is CN1Cc2c(N3CCNCC3)cccc2N(Cc2ccccc2)S1. The normalized spacial score (nSPS) is 18.5. The molecule has 0 unspecified atom stereocenters. The van der Waals surface area contributed by atoms with Crippen molar-refractivity contribution in [1.29, 1.82) is 0 Å². The third-order valence-electron chi connectivity index (χ3n) is 4.64. The second-order valence-electron chi connectivity index (χ2n) is 6.40. The number of benzene rings is 2. The van der Waals surface area contributed by atoms with Gasteiger partial charge < -0.3 is 10.2 Å². The second kappa shape index (κ2) is 7.05. The summed E-state index contributed by atoms with van der Waals surface area (Å²) in [6.45, 7) is 6.24. The summed E-state index contributed by atoms with van der Waals surface area (Å²) in [6.07, 6.45) is 0. The minimum Gasteiger partial charge on any atom is -0.369 e. The van der Waals surface area contributed by atoms with Gasteiger partial charge in [-0.15, -0.1) is 0 Å². The zero-order valence-corrected chi connectivity index (χ0v) is 14.9. The minimum atomic E-state index is 0.924. The van der Waals surface area contributed by atoms with Crippen LogP contribution < -0.4 is 14.5 Å². The number of fused-ring (bicyclic) bond motifs is 1. The fraction of sp³-hybridized carbons (Fsp3) is 0.368. The summed E-state index contributed by atoms with van der Waals surface area (Å²) in [7, 11) is 2.18. The lowest BCUT2D eigenvalue weighted by Crippen LogP contribution is -2.44. The lowest BCUT2D eigenvalue weighted by atomic mass is 10.1. The first-order valence-electron chi connectivity index (χ1n) is 8.59. The Hall–Kier alpha value is -1.69. The van der Waals surface area contributed by atoms with Gasteiger partial charge in [-0.25, -0.2) is 4.31 Å². The van der Waals surface area contributed by atoms with Gasteiger partial charge in [-0.3, -0.25) is 4.31 Å². The maximum absolute atomic E-state index is 3.45. The number of rotatable bonds is 3. The van der Waals surface area contributed by atoms with Gasteiger partial charge >= 0.3 is 0 Å². The van der Waals surface area contributed by atoms with E-state index >= 15 is 0 Å². The van der Waals surface area contributed by atoms with Gasteiger partial charge in [0.05, 0.1) is 12.2 Å². The van der Waals surface area contributed by atoms with Gasteiger partial charge in [-0.1, -0.05) is 36.4 Å². The van der Waals surface area contributed by atoms with Crippen LogP contribution in [0.3, 0.4) is 0 Å². The molecule has 0 radical (unpaired) electrons. The predicted octanol–water partition coefficient (Wildman–Crippen LogP) is 3.11. The van der Waals surface area contributed by atoms with Crippen molar-refractivity contribution in [2.45, 2.75) is 13.1 Å². The van der Waals surface area contributed by atoms with Crippen molar-refractivity contribution in [1.82, 2.24) is 9.62 Å². The molecule has 1 fully saturated rings. The van der Waals surface area contributed by atoms with Gasteiger partial charge in [0.15, 0.2) is 0 Å². The van der Waals surface area contributed by atoms with Gasteiger partial charge in [0.1, 0.15) is 0 Å². The lowest BCUT2D eigenvalue weighted by Gasteiger charge is -2.39. The van der Waals surface area contributed by atoms with Gasteiger partial charge in [-0.05, 0) is 24.7 Å². The highest BCUT2D eigenvalue weighted by atomic mass is 32.2. The molecule has 0 amide bonds. The molecule has 0 saturated carbocycles. The third kappa shape index (κ3) is 3.24. The number of hydrogen-bond acceptors (Lipinski definition) is 5. The van der Waals surface area contributed by atoms with Crippen molar-refractivity contribution in [3.05, 3.63) is 59.7 Å². The Morgan fingerprint density at radius 3 is 2.50 bits per heavy atom. The first kappa shape index (κ1) is 15.8. The summed E-state index contributed by atoms with van der Waals surface area (Å²) in [5, 5.41) is 3.45. The topological polar surface area (TPSA) is 21.8 Å². The first-order valence-corrected chi connectivity index (χ1v) is 9.32. The van der Waals surface area contributed by atoms with Crippen LogP contribution in [0.25, 0.3) is 0 Å². The number of hydrogen-bond donors (Lipinski definition) is 1. The third-order valence-corrected chi connectivity index (χ3v) is 5.57. The molecule has 0 aromatic heterocycles. The van der Waals surface area contributed by atoms with E-state index in [1.54, 1.807) is 0 Å². The molecular formula is C19H24N4S. The molecule has 4 nitrogen and oxygen atoms in total. The first-order chi connectivity index (χ1) is 11.8. The molecule has 0 spiro atoms. The highest BCUT2D eigenvalue weighted by Gasteiger charge is 2.26. The van der Waals surface area contributed by atoms with Crippen molar-refractivity contribution >= 4 is 23.5 Å². The van der Waals surface area contributed by atoms with Crippen LogP contribution in [0.5, 0.6) is 0 Å². The van der Waals surface area contributed by atoms with E-state index in [-0.39, 0.29) is 0 Å². The summed E-state index contributed by atoms with van der Waals surface area (Å²) in [5.74, 6) is 0. The van der Waals surface area contributed by atoms with Crippen LogP contribution in [-0.2, 0) is 13.1 Å². The molecule has 0 atom stereocenters. The maximum atomic E-state index is 3.45. The summed E-state index contributed by atoms with van der Waals surface area (Å²) in [4.78, 5) is 2.53. The van der Waals surface area contributed by atoms with E-state index in [0.717, 1.165) is 39.3 Å². The quantitative estimate of drug-likeness (QED) is 0.865. The molecule has 1 saturated heterocycles. The van der Waals surface area contributed by atoms with Crippen LogP contribution in [0.15, 0.2) is 48.5 Å². The molecule has 126 valence electrons. The lowest BCUT2D eigenvalue weighted by molar-refractivity contribution is 0.545. The Kier molecular flexibility index (Phi) is 4.65. The van der Waals surface area contributed by atoms with Crippen molar-refractivity contribution in [2.24, 2.45) is 0 Å². The van der Waals surface area contributed by atoms with E-state index in [4.69, 9.17) is 0 Å². The Labute approximate surface area is 148 Å². The Bertz CT molecular complexity index is 685. The van der Waals surface area contributed by atoms with Crippen LogP contribution >= 0.6 is 12.1 Å². The molecule has 5 heteroatoms. The molecular weight excluding hydrogens is 316 g/mol. The Morgan fingerprint density at radius 2 is 1.71 bits per heavy atom. The zero-order valence-electron chi connectivity index (χ0n) is 14.1. The van der Waals surface area contributed by atoms with E-state index in [1.165, 1.54) is 22.5 Å². The van der Waals surface area contributed by atoms with Gasteiger partial charge in [0, 0.05) is 56.1 Å². The number of anilines is 2. The molecule has 1 N–H and O–H groups in total. The Morgan fingerprint density at radius 1 is 0.958 bits per heavy atom. The fourth-order valence-corrected chi connectivity index (χ4v) is 4.48. The van der Waals surface area contributed by atoms with Gasteiger partial charge in [0.2, 0.25) is 0 Å². The largest absolute Gasteiger partial charge is 0.369 e. The van der Waals surface area contributed by atoms with Crippen LogP contribution in [0.1, 0.15) is 11.1 Å². The molecule has 0 aliphatic carbocycles. The van der Waals surface area contributed by atoms with E-state index in [9.17, 15) is 0 Å². The summed E-state index contributed by atoms with van der Waals surface area (Å²) >= 11 is 1.82. The number of piperazine rings is 1. The predicted molar refractivity (Wildman–Crippen MR) is 103 cm³/mol. The van der Waals surface area contributed by atoms with Crippen molar-refractivity contribution in [3.63, 3.8) is 0 Å². The van der Waals surface area contributed by atoms with E-state index in [0.29, 0.717) is 0 Å². The summed E-state index contributed by atoms with van der Waals surface area (Å²) in [6, 6.07) is 17.5.